The molecule has 2 fully saturated rings. The minimum absolute atomic E-state index is 0.176. The molecule has 1 spiro atoms. The predicted octanol–water partition coefficient (Wildman–Crippen LogP) is 1.76. The van der Waals surface area contributed by atoms with E-state index in [0.29, 0.717) is 25.5 Å². The molecule has 0 bridgehead atoms. The van der Waals surface area contributed by atoms with E-state index in [-0.39, 0.29) is 25.0 Å². The first kappa shape index (κ1) is 19.4. The number of benzene rings is 1. The number of nitrogens with one attached hydrogen (secondary N) is 2. The standard InChI is InChI=1S/C20H24N4O5/c1-13-3-5-14(6-4-13)15-10-21-18(23-15)16-9-20(28-7-8-29-20)12-24(16)17(25)11-22-19(26)27-2/h3-6,10,16H,7-9,11-12H2,1-2H3,(H,21,23)(H,22,26). The number of imidazole rings is 1. The first-order valence-corrected chi connectivity index (χ1v) is 9.51. The molecule has 0 saturated carbocycles. The largest absolute Gasteiger partial charge is 0.453 e. The monoisotopic (exact) mass is 400 g/mol. The summed E-state index contributed by atoms with van der Waals surface area (Å²) in [4.78, 5) is 33.6. The number of likely N-dealkylation sites (tertiary alicyclic amines) is 1. The maximum Gasteiger partial charge on any atom is 0.407 e. The number of hydrogen-bond acceptors (Lipinski definition) is 6. The van der Waals surface area contributed by atoms with Crippen LogP contribution in [0.25, 0.3) is 11.3 Å². The summed E-state index contributed by atoms with van der Waals surface area (Å²) in [7, 11) is 1.25. The fraction of sp³-hybridized carbons (Fsp3) is 0.450. The summed E-state index contributed by atoms with van der Waals surface area (Å²) < 4.78 is 16.2. The Hall–Kier alpha value is -2.91. The molecule has 154 valence electrons. The van der Waals surface area contributed by atoms with Gasteiger partial charge in [-0.1, -0.05) is 29.8 Å². The van der Waals surface area contributed by atoms with Crippen LogP contribution in [0.2, 0.25) is 0 Å². The van der Waals surface area contributed by atoms with Crippen LogP contribution < -0.4 is 5.32 Å². The molecule has 2 aromatic rings. The van der Waals surface area contributed by atoms with Crippen molar-refractivity contribution < 1.29 is 23.8 Å². The third-order valence-electron chi connectivity index (χ3n) is 5.27. The van der Waals surface area contributed by atoms with E-state index in [0.717, 1.165) is 11.3 Å². The maximum atomic E-state index is 12.8. The Balaban J connectivity index is 1.56. The smallest absolute Gasteiger partial charge is 0.407 e. The molecule has 2 aliphatic heterocycles. The number of carbonyl (C=O) groups is 2. The number of ether oxygens (including phenoxy) is 3. The minimum Gasteiger partial charge on any atom is -0.453 e. The van der Waals surface area contributed by atoms with Crippen LogP contribution in [0.5, 0.6) is 0 Å². The lowest BCUT2D eigenvalue weighted by Gasteiger charge is -2.23. The molecule has 1 aromatic carbocycles. The Bertz CT molecular complexity index is 889. The number of alkyl carbamates (subject to hydrolysis) is 1. The summed E-state index contributed by atoms with van der Waals surface area (Å²) in [5.74, 6) is -0.435. The Morgan fingerprint density at radius 2 is 2.03 bits per heavy atom. The molecule has 2 amide bonds. The van der Waals surface area contributed by atoms with Crippen LogP contribution in [0, 0.1) is 6.92 Å². The average molecular weight is 400 g/mol. The molecule has 9 nitrogen and oxygen atoms in total. The molecule has 1 unspecified atom stereocenters. The summed E-state index contributed by atoms with van der Waals surface area (Å²) in [6.45, 7) is 3.11. The number of nitrogens with zero attached hydrogens (tertiary/aromatic N) is 2. The van der Waals surface area contributed by atoms with Crippen LogP contribution in [0.1, 0.15) is 23.9 Å². The molecule has 4 rings (SSSR count). The summed E-state index contributed by atoms with van der Waals surface area (Å²) in [5, 5.41) is 2.43. The molecule has 2 N–H and O–H groups in total. The van der Waals surface area contributed by atoms with Gasteiger partial charge >= 0.3 is 6.09 Å². The molecule has 0 radical (unpaired) electrons. The molecule has 29 heavy (non-hydrogen) atoms. The zero-order chi connectivity index (χ0) is 20.4. The summed E-state index contributed by atoms with van der Waals surface area (Å²) >= 11 is 0. The van der Waals surface area contributed by atoms with Gasteiger partial charge in [0.2, 0.25) is 5.91 Å². The zero-order valence-electron chi connectivity index (χ0n) is 16.4. The zero-order valence-corrected chi connectivity index (χ0v) is 16.4. The summed E-state index contributed by atoms with van der Waals surface area (Å²) in [6.07, 6.45) is 1.57. The molecule has 3 heterocycles. The summed E-state index contributed by atoms with van der Waals surface area (Å²) in [6, 6.07) is 7.77. The summed E-state index contributed by atoms with van der Waals surface area (Å²) in [5.41, 5.74) is 3.06. The number of amides is 2. The fourth-order valence-corrected chi connectivity index (χ4v) is 3.76. The number of H-pyrrole nitrogens is 1. The first-order valence-electron chi connectivity index (χ1n) is 9.51. The molecule has 2 aliphatic rings. The van der Waals surface area contributed by atoms with Crippen molar-refractivity contribution in [3.05, 3.63) is 41.9 Å². The van der Waals surface area contributed by atoms with Gasteiger partial charge in [-0.2, -0.15) is 0 Å². The third kappa shape index (κ3) is 3.96. The maximum absolute atomic E-state index is 12.8. The SMILES string of the molecule is COC(=O)NCC(=O)N1CC2(CC1c1ncc(-c3ccc(C)cc3)[nH]1)OCCO2. The predicted molar refractivity (Wildman–Crippen MR) is 103 cm³/mol. The molecule has 2 saturated heterocycles. The molecule has 9 heteroatoms. The highest BCUT2D eigenvalue weighted by molar-refractivity contribution is 5.83. The van der Waals surface area contributed by atoms with Gasteiger partial charge in [0.05, 0.1) is 44.8 Å². The topological polar surface area (TPSA) is 106 Å². The number of aromatic amines is 1. The van der Waals surface area contributed by atoms with Crippen molar-refractivity contribution in [1.29, 1.82) is 0 Å². The van der Waals surface area contributed by atoms with Crippen molar-refractivity contribution >= 4 is 12.0 Å². The van der Waals surface area contributed by atoms with Gasteiger partial charge in [0.1, 0.15) is 12.4 Å². The van der Waals surface area contributed by atoms with E-state index >= 15 is 0 Å². The fourth-order valence-electron chi connectivity index (χ4n) is 3.76. The highest BCUT2D eigenvalue weighted by atomic mass is 16.7. The second kappa shape index (κ2) is 7.84. The van der Waals surface area contributed by atoms with E-state index in [1.807, 2.05) is 31.2 Å². The highest BCUT2D eigenvalue weighted by Crippen LogP contribution is 2.42. The number of carbonyl (C=O) groups excluding carboxylic acids is 2. The number of rotatable bonds is 4. The first-order chi connectivity index (χ1) is 14.0. The van der Waals surface area contributed by atoms with Crippen LogP contribution in [0.4, 0.5) is 4.79 Å². The third-order valence-corrected chi connectivity index (χ3v) is 5.27. The second-order valence-electron chi connectivity index (χ2n) is 7.24. The highest BCUT2D eigenvalue weighted by Gasteiger charge is 2.51. The lowest BCUT2D eigenvalue weighted by atomic mass is 10.1. The number of methoxy groups -OCH3 is 1. The van der Waals surface area contributed by atoms with Crippen LogP contribution in [0.3, 0.4) is 0 Å². The van der Waals surface area contributed by atoms with Crippen LogP contribution >= 0.6 is 0 Å². The van der Waals surface area contributed by atoms with Crippen LogP contribution in [-0.4, -0.2) is 66.1 Å². The van der Waals surface area contributed by atoms with Crippen molar-refractivity contribution in [2.24, 2.45) is 0 Å². The number of hydrogen-bond donors (Lipinski definition) is 2. The van der Waals surface area contributed by atoms with E-state index in [9.17, 15) is 9.59 Å². The number of aryl methyl sites for hydroxylation is 1. The van der Waals surface area contributed by atoms with Gasteiger partial charge in [0.25, 0.3) is 0 Å². The minimum atomic E-state index is -0.831. The Kier molecular flexibility index (Phi) is 5.25. The van der Waals surface area contributed by atoms with E-state index in [2.05, 4.69) is 20.0 Å². The Morgan fingerprint density at radius 1 is 1.31 bits per heavy atom. The second-order valence-corrected chi connectivity index (χ2v) is 7.24. The molecule has 0 aliphatic carbocycles. The van der Waals surface area contributed by atoms with E-state index in [1.165, 1.54) is 12.7 Å². The van der Waals surface area contributed by atoms with Crippen molar-refractivity contribution in [3.63, 3.8) is 0 Å². The van der Waals surface area contributed by atoms with Crippen molar-refractivity contribution in [2.75, 3.05) is 33.4 Å². The van der Waals surface area contributed by atoms with Gasteiger partial charge < -0.3 is 29.4 Å². The molecular weight excluding hydrogens is 376 g/mol. The van der Waals surface area contributed by atoms with Gasteiger partial charge in [-0.05, 0) is 12.5 Å². The lowest BCUT2D eigenvalue weighted by Crippen LogP contribution is -2.42. The van der Waals surface area contributed by atoms with Crippen LogP contribution in [-0.2, 0) is 19.0 Å². The van der Waals surface area contributed by atoms with Gasteiger partial charge in [0.15, 0.2) is 5.79 Å². The lowest BCUT2D eigenvalue weighted by molar-refractivity contribution is -0.152. The van der Waals surface area contributed by atoms with Crippen molar-refractivity contribution in [1.82, 2.24) is 20.2 Å². The van der Waals surface area contributed by atoms with Crippen molar-refractivity contribution in [3.8, 4) is 11.3 Å². The van der Waals surface area contributed by atoms with E-state index < -0.39 is 11.9 Å². The van der Waals surface area contributed by atoms with Gasteiger partial charge in [-0.15, -0.1) is 0 Å². The van der Waals surface area contributed by atoms with Gasteiger partial charge in [-0.25, -0.2) is 9.78 Å². The average Bonchev–Trinajstić information content (AvgIpc) is 3.47. The van der Waals surface area contributed by atoms with Gasteiger partial charge in [-0.3, -0.25) is 4.79 Å². The van der Waals surface area contributed by atoms with E-state index in [1.54, 1.807) is 11.1 Å². The number of aromatic nitrogens is 2. The Morgan fingerprint density at radius 3 is 2.72 bits per heavy atom. The van der Waals surface area contributed by atoms with Gasteiger partial charge in [0, 0.05) is 6.42 Å². The van der Waals surface area contributed by atoms with Crippen LogP contribution in [0.15, 0.2) is 30.5 Å². The Labute approximate surface area is 168 Å². The van der Waals surface area contributed by atoms with E-state index in [4.69, 9.17) is 9.47 Å². The quantitative estimate of drug-likeness (QED) is 0.810. The molecular formula is C20H24N4O5. The van der Waals surface area contributed by atoms with Crippen molar-refractivity contribution in [2.45, 2.75) is 25.2 Å². The molecule has 1 aromatic heterocycles. The normalized spacial score (nSPS) is 20.2. The molecule has 1 atom stereocenters.